The van der Waals surface area contributed by atoms with E-state index in [2.05, 4.69) is 20.8 Å². The Morgan fingerprint density at radius 2 is 2.46 bits per heavy atom. The van der Waals surface area contributed by atoms with Gasteiger partial charge in [-0.05, 0) is 34.5 Å². The monoisotopic (exact) mass is 244 g/mol. The van der Waals surface area contributed by atoms with E-state index in [1.165, 1.54) is 0 Å². The molecule has 0 unspecified atom stereocenters. The van der Waals surface area contributed by atoms with Gasteiger partial charge in [0.05, 0.1) is 6.54 Å². The molecule has 3 nitrogen and oxygen atoms in total. The largest absolute Gasteiger partial charge is 0.453 e. The first-order chi connectivity index (χ1) is 6.24. The minimum absolute atomic E-state index is 0.346. The van der Waals surface area contributed by atoms with Gasteiger partial charge in [0.1, 0.15) is 5.76 Å². The summed E-state index contributed by atoms with van der Waals surface area (Å²) >= 11 is 3.28. The Morgan fingerprint density at radius 1 is 1.62 bits per heavy atom. The highest BCUT2D eigenvalue weighted by Gasteiger charge is 2.19. The number of hydrogen-bond acceptors (Lipinski definition) is 3. The molecule has 0 spiro atoms. The van der Waals surface area contributed by atoms with Crippen molar-refractivity contribution in [2.75, 3.05) is 13.1 Å². The van der Waals surface area contributed by atoms with Crippen LogP contribution in [-0.2, 0) is 6.54 Å². The van der Waals surface area contributed by atoms with Crippen molar-refractivity contribution < 1.29 is 4.42 Å². The lowest BCUT2D eigenvalue weighted by Gasteiger charge is -2.12. The molecule has 0 aliphatic carbocycles. The number of halogens is 1. The topological polar surface area (TPSA) is 42.4 Å². The van der Waals surface area contributed by atoms with Crippen LogP contribution in [-0.4, -0.2) is 24.0 Å². The molecule has 72 valence electrons. The SMILES string of the molecule is N[C@H]1CCN(Cc2ccc(Br)o2)C1. The summed E-state index contributed by atoms with van der Waals surface area (Å²) in [7, 11) is 0. The Hall–Kier alpha value is -0.320. The summed E-state index contributed by atoms with van der Waals surface area (Å²) in [6, 6.07) is 4.26. The van der Waals surface area contributed by atoms with E-state index in [4.69, 9.17) is 10.2 Å². The summed E-state index contributed by atoms with van der Waals surface area (Å²) in [5, 5.41) is 0. The molecule has 1 aliphatic heterocycles. The van der Waals surface area contributed by atoms with E-state index in [1.54, 1.807) is 0 Å². The smallest absolute Gasteiger partial charge is 0.169 e. The van der Waals surface area contributed by atoms with Crippen molar-refractivity contribution in [3.8, 4) is 0 Å². The lowest BCUT2D eigenvalue weighted by Crippen LogP contribution is -2.26. The molecule has 0 aromatic carbocycles. The molecule has 0 amide bonds. The van der Waals surface area contributed by atoms with Gasteiger partial charge >= 0.3 is 0 Å². The number of nitrogens with two attached hydrogens (primary N) is 1. The molecule has 2 heterocycles. The molecule has 1 atom stereocenters. The molecule has 1 aromatic rings. The first-order valence-electron chi connectivity index (χ1n) is 4.46. The first kappa shape index (κ1) is 9.24. The van der Waals surface area contributed by atoms with Gasteiger partial charge in [0, 0.05) is 19.1 Å². The zero-order chi connectivity index (χ0) is 9.26. The van der Waals surface area contributed by atoms with Gasteiger partial charge in [-0.3, -0.25) is 4.90 Å². The van der Waals surface area contributed by atoms with Crippen molar-refractivity contribution in [2.45, 2.75) is 19.0 Å². The Bertz CT molecular complexity index is 287. The van der Waals surface area contributed by atoms with Gasteiger partial charge in [-0.2, -0.15) is 0 Å². The third kappa shape index (κ3) is 2.33. The zero-order valence-electron chi connectivity index (χ0n) is 7.37. The molecule has 13 heavy (non-hydrogen) atoms. The highest BCUT2D eigenvalue weighted by Crippen LogP contribution is 2.17. The lowest BCUT2D eigenvalue weighted by atomic mass is 10.3. The van der Waals surface area contributed by atoms with Gasteiger partial charge in [-0.1, -0.05) is 0 Å². The molecule has 4 heteroatoms. The Labute approximate surface area is 86.0 Å². The maximum atomic E-state index is 5.80. The van der Waals surface area contributed by atoms with E-state index in [1.807, 2.05) is 12.1 Å². The summed E-state index contributed by atoms with van der Waals surface area (Å²) in [6.07, 6.45) is 1.10. The van der Waals surface area contributed by atoms with Crippen molar-refractivity contribution in [3.05, 3.63) is 22.6 Å². The second kappa shape index (κ2) is 3.82. The van der Waals surface area contributed by atoms with Crippen molar-refractivity contribution >= 4 is 15.9 Å². The van der Waals surface area contributed by atoms with Crippen LogP contribution in [0.1, 0.15) is 12.2 Å². The van der Waals surface area contributed by atoms with Crippen molar-refractivity contribution in [2.24, 2.45) is 5.73 Å². The van der Waals surface area contributed by atoms with Crippen LogP contribution in [0.15, 0.2) is 21.2 Å². The molecular formula is C9H13BrN2O. The predicted octanol–water partition coefficient (Wildman–Crippen LogP) is 1.58. The number of likely N-dealkylation sites (tertiary alicyclic amines) is 1. The van der Waals surface area contributed by atoms with Crippen LogP contribution < -0.4 is 5.73 Å². The minimum Gasteiger partial charge on any atom is -0.453 e. The molecule has 0 radical (unpaired) electrons. The van der Waals surface area contributed by atoms with E-state index in [0.29, 0.717) is 6.04 Å². The molecule has 1 fully saturated rings. The summed E-state index contributed by atoms with van der Waals surface area (Å²) in [4.78, 5) is 2.32. The second-order valence-corrected chi connectivity index (χ2v) is 4.27. The maximum Gasteiger partial charge on any atom is 0.169 e. The summed E-state index contributed by atoms with van der Waals surface area (Å²) in [5.41, 5.74) is 5.80. The Balaban J connectivity index is 1.91. The fourth-order valence-corrected chi connectivity index (χ4v) is 2.00. The average molecular weight is 245 g/mol. The molecule has 1 aromatic heterocycles. The molecule has 0 bridgehead atoms. The molecule has 1 aliphatic rings. The molecule has 2 rings (SSSR count). The van der Waals surface area contributed by atoms with E-state index in [0.717, 1.165) is 36.5 Å². The van der Waals surface area contributed by atoms with Gasteiger partial charge < -0.3 is 10.2 Å². The van der Waals surface area contributed by atoms with Crippen LogP contribution >= 0.6 is 15.9 Å². The van der Waals surface area contributed by atoms with Crippen molar-refractivity contribution in [1.82, 2.24) is 4.90 Å². The summed E-state index contributed by atoms with van der Waals surface area (Å²) in [6.45, 7) is 2.94. The van der Waals surface area contributed by atoms with Crippen molar-refractivity contribution in [3.63, 3.8) is 0 Å². The van der Waals surface area contributed by atoms with Crippen LogP contribution in [0.2, 0.25) is 0 Å². The molecule has 1 saturated heterocycles. The Morgan fingerprint density at radius 3 is 3.00 bits per heavy atom. The van der Waals surface area contributed by atoms with Gasteiger partial charge in [0.15, 0.2) is 4.67 Å². The third-order valence-corrected chi connectivity index (χ3v) is 2.74. The normalized spacial score (nSPS) is 24.0. The molecule has 0 saturated carbocycles. The predicted molar refractivity (Wildman–Crippen MR) is 54.3 cm³/mol. The minimum atomic E-state index is 0.346. The van der Waals surface area contributed by atoms with Crippen LogP contribution in [0.4, 0.5) is 0 Å². The van der Waals surface area contributed by atoms with Crippen molar-refractivity contribution in [1.29, 1.82) is 0 Å². The van der Waals surface area contributed by atoms with Gasteiger partial charge in [0.2, 0.25) is 0 Å². The van der Waals surface area contributed by atoms with Crippen LogP contribution in [0, 0.1) is 0 Å². The van der Waals surface area contributed by atoms with Crippen LogP contribution in [0.3, 0.4) is 0 Å². The summed E-state index contributed by atoms with van der Waals surface area (Å²) < 4.78 is 6.21. The van der Waals surface area contributed by atoms with Gasteiger partial charge in [-0.15, -0.1) is 0 Å². The fourth-order valence-electron chi connectivity index (χ4n) is 1.66. The highest BCUT2D eigenvalue weighted by atomic mass is 79.9. The Kier molecular flexibility index (Phi) is 2.71. The van der Waals surface area contributed by atoms with E-state index >= 15 is 0 Å². The van der Waals surface area contributed by atoms with Crippen LogP contribution in [0.5, 0.6) is 0 Å². The standard InChI is InChI=1S/C9H13BrN2O/c10-9-2-1-8(13-9)6-12-4-3-7(11)5-12/h1-2,7H,3-6,11H2/t7-/m0/s1. The lowest BCUT2D eigenvalue weighted by molar-refractivity contribution is 0.291. The van der Waals surface area contributed by atoms with E-state index in [-0.39, 0.29) is 0 Å². The van der Waals surface area contributed by atoms with E-state index < -0.39 is 0 Å². The highest BCUT2D eigenvalue weighted by molar-refractivity contribution is 9.10. The quantitative estimate of drug-likeness (QED) is 0.860. The van der Waals surface area contributed by atoms with Gasteiger partial charge in [-0.25, -0.2) is 0 Å². The van der Waals surface area contributed by atoms with E-state index in [9.17, 15) is 0 Å². The van der Waals surface area contributed by atoms with Gasteiger partial charge in [0.25, 0.3) is 0 Å². The molecule has 2 N–H and O–H groups in total. The average Bonchev–Trinajstić information content (AvgIpc) is 2.62. The number of furan rings is 1. The second-order valence-electron chi connectivity index (χ2n) is 3.49. The zero-order valence-corrected chi connectivity index (χ0v) is 8.96. The summed E-state index contributed by atoms with van der Waals surface area (Å²) in [5.74, 6) is 1.00. The number of hydrogen-bond donors (Lipinski definition) is 1. The fraction of sp³-hybridized carbons (Fsp3) is 0.556. The maximum absolute atomic E-state index is 5.80. The third-order valence-electron chi connectivity index (χ3n) is 2.32. The number of rotatable bonds is 2. The molecular weight excluding hydrogens is 232 g/mol. The number of nitrogens with zero attached hydrogens (tertiary/aromatic N) is 1. The van der Waals surface area contributed by atoms with Crippen LogP contribution in [0.25, 0.3) is 0 Å². The first-order valence-corrected chi connectivity index (χ1v) is 5.25.